The molecule has 1 fully saturated rings. The number of benzene rings is 1. The molecule has 1 aromatic carbocycles. The molecule has 2 N–H and O–H groups in total. The topological polar surface area (TPSA) is 104 Å². The van der Waals surface area contributed by atoms with Crippen LogP contribution in [0.1, 0.15) is 38.2 Å². The van der Waals surface area contributed by atoms with E-state index in [-0.39, 0.29) is 24.7 Å². The molecule has 1 heterocycles. The molecule has 0 saturated carbocycles. The van der Waals surface area contributed by atoms with Gasteiger partial charge in [0.1, 0.15) is 0 Å². The summed E-state index contributed by atoms with van der Waals surface area (Å²) in [7, 11) is -3.50. The number of carboxylic acids is 1. The highest BCUT2D eigenvalue weighted by Crippen LogP contribution is 2.22. The summed E-state index contributed by atoms with van der Waals surface area (Å²) >= 11 is 0. The number of hydrogen-bond donors (Lipinski definition) is 2. The Morgan fingerprint density at radius 2 is 2.00 bits per heavy atom. The van der Waals surface area contributed by atoms with Gasteiger partial charge in [-0.3, -0.25) is 9.59 Å². The van der Waals surface area contributed by atoms with E-state index in [1.54, 1.807) is 24.3 Å². The van der Waals surface area contributed by atoms with E-state index in [0.717, 1.165) is 6.42 Å². The van der Waals surface area contributed by atoms with Gasteiger partial charge in [-0.05, 0) is 24.8 Å². The van der Waals surface area contributed by atoms with Gasteiger partial charge in [0, 0.05) is 19.6 Å². The van der Waals surface area contributed by atoms with Crippen LogP contribution in [0.3, 0.4) is 0 Å². The van der Waals surface area contributed by atoms with Crippen molar-refractivity contribution in [3.05, 3.63) is 35.9 Å². The van der Waals surface area contributed by atoms with E-state index in [9.17, 15) is 23.1 Å². The molecule has 2 atom stereocenters. The van der Waals surface area contributed by atoms with Gasteiger partial charge in [0.25, 0.3) is 0 Å². The zero-order chi connectivity index (χ0) is 19.9. The van der Waals surface area contributed by atoms with Crippen molar-refractivity contribution in [3.63, 3.8) is 0 Å². The Kier molecular flexibility index (Phi) is 7.79. The van der Waals surface area contributed by atoms with E-state index in [2.05, 4.69) is 5.32 Å². The molecule has 8 heteroatoms. The van der Waals surface area contributed by atoms with Gasteiger partial charge in [0.15, 0.2) is 0 Å². The van der Waals surface area contributed by atoms with Gasteiger partial charge >= 0.3 is 5.97 Å². The molecule has 2 rings (SSSR count). The Morgan fingerprint density at radius 3 is 2.63 bits per heavy atom. The number of amides is 1. The average Bonchev–Trinajstić information content (AvgIpc) is 2.65. The molecular weight excluding hydrogens is 368 g/mol. The van der Waals surface area contributed by atoms with Gasteiger partial charge in [-0.25, -0.2) is 12.7 Å². The maximum absolute atomic E-state index is 12.7. The second kappa shape index (κ2) is 9.85. The summed E-state index contributed by atoms with van der Waals surface area (Å²) in [5.41, 5.74) is 0.716. The van der Waals surface area contributed by atoms with Crippen molar-refractivity contribution in [1.29, 1.82) is 0 Å². The minimum absolute atomic E-state index is 0.0786. The fourth-order valence-corrected chi connectivity index (χ4v) is 4.93. The molecule has 0 bridgehead atoms. The van der Waals surface area contributed by atoms with Crippen LogP contribution in [0.4, 0.5) is 0 Å². The van der Waals surface area contributed by atoms with Crippen LogP contribution in [0.25, 0.3) is 0 Å². The first-order valence-corrected chi connectivity index (χ1v) is 11.0. The Morgan fingerprint density at radius 1 is 1.30 bits per heavy atom. The summed E-state index contributed by atoms with van der Waals surface area (Å²) in [4.78, 5) is 23.6. The van der Waals surface area contributed by atoms with E-state index in [4.69, 9.17) is 0 Å². The lowest BCUT2D eigenvalue weighted by Crippen LogP contribution is -2.46. The maximum atomic E-state index is 12.7. The number of rotatable bonds is 9. The minimum Gasteiger partial charge on any atom is -0.481 e. The van der Waals surface area contributed by atoms with Gasteiger partial charge < -0.3 is 10.4 Å². The highest BCUT2D eigenvalue weighted by molar-refractivity contribution is 7.88. The smallest absolute Gasteiger partial charge is 0.308 e. The second-order valence-electron chi connectivity index (χ2n) is 7.01. The van der Waals surface area contributed by atoms with Crippen molar-refractivity contribution in [1.82, 2.24) is 9.62 Å². The van der Waals surface area contributed by atoms with E-state index in [1.807, 2.05) is 13.0 Å². The monoisotopic (exact) mass is 396 g/mol. The third-order valence-electron chi connectivity index (χ3n) is 4.85. The second-order valence-corrected chi connectivity index (χ2v) is 8.98. The summed E-state index contributed by atoms with van der Waals surface area (Å²) in [6.45, 7) is 2.53. The number of aliphatic carboxylic acids is 1. The Balaban J connectivity index is 1.94. The molecular formula is C19H28N2O5S. The standard InChI is InChI=1S/C19H28N2O5S/c1-2-7-16(19(23)24)12-20-18(22)17-10-6-11-21(13-17)27(25,26)14-15-8-4-3-5-9-15/h3-5,8-9,16-17H,2,6-7,10-14H2,1H3,(H,20,22)(H,23,24). The Hall–Kier alpha value is -1.93. The van der Waals surface area contributed by atoms with Crippen molar-refractivity contribution in [2.75, 3.05) is 19.6 Å². The first-order chi connectivity index (χ1) is 12.8. The van der Waals surface area contributed by atoms with E-state index < -0.39 is 27.8 Å². The number of carboxylic acid groups (broad SMARTS) is 1. The summed E-state index contributed by atoms with van der Waals surface area (Å²) in [5.74, 6) is -2.33. The fourth-order valence-electron chi connectivity index (χ4n) is 3.31. The van der Waals surface area contributed by atoms with Gasteiger partial charge in [0.2, 0.25) is 15.9 Å². The third kappa shape index (κ3) is 6.32. The summed E-state index contributed by atoms with van der Waals surface area (Å²) in [6, 6.07) is 8.97. The quantitative estimate of drug-likeness (QED) is 0.663. The molecule has 2 unspecified atom stereocenters. The van der Waals surface area contributed by atoms with Crippen LogP contribution in [0.2, 0.25) is 0 Å². The normalized spacial score (nSPS) is 19.4. The average molecular weight is 397 g/mol. The third-order valence-corrected chi connectivity index (χ3v) is 6.67. The molecule has 0 aliphatic carbocycles. The van der Waals surface area contributed by atoms with E-state index in [0.29, 0.717) is 31.4 Å². The van der Waals surface area contributed by atoms with E-state index in [1.165, 1.54) is 4.31 Å². The number of sulfonamides is 1. The predicted octanol–water partition coefficient (Wildman–Crippen LogP) is 1.85. The van der Waals surface area contributed by atoms with E-state index >= 15 is 0 Å². The largest absolute Gasteiger partial charge is 0.481 e. The highest BCUT2D eigenvalue weighted by Gasteiger charge is 2.32. The lowest BCUT2D eigenvalue weighted by atomic mass is 9.98. The van der Waals surface area contributed by atoms with Gasteiger partial charge in [-0.15, -0.1) is 0 Å². The number of piperidine rings is 1. The molecule has 0 radical (unpaired) electrons. The van der Waals surface area contributed by atoms with Gasteiger partial charge in [0.05, 0.1) is 17.6 Å². The summed E-state index contributed by atoms with van der Waals surface area (Å²) in [6.07, 6.45) is 2.44. The minimum atomic E-state index is -3.50. The summed E-state index contributed by atoms with van der Waals surface area (Å²) < 4.78 is 26.7. The van der Waals surface area contributed by atoms with Crippen LogP contribution in [-0.4, -0.2) is 49.3 Å². The molecule has 0 spiro atoms. The lowest BCUT2D eigenvalue weighted by molar-refractivity contribution is -0.142. The zero-order valence-electron chi connectivity index (χ0n) is 15.6. The van der Waals surface area contributed by atoms with Crippen LogP contribution in [0.5, 0.6) is 0 Å². The molecule has 1 saturated heterocycles. The lowest BCUT2D eigenvalue weighted by Gasteiger charge is -2.31. The van der Waals surface area contributed by atoms with Gasteiger partial charge in [-0.2, -0.15) is 0 Å². The molecule has 1 amide bonds. The van der Waals surface area contributed by atoms with Crippen LogP contribution in [0.15, 0.2) is 30.3 Å². The molecule has 1 aliphatic rings. The first-order valence-electron chi connectivity index (χ1n) is 9.35. The first kappa shape index (κ1) is 21.4. The number of hydrogen-bond acceptors (Lipinski definition) is 4. The van der Waals surface area contributed by atoms with Crippen LogP contribution in [-0.2, 0) is 25.4 Å². The van der Waals surface area contributed by atoms with Crippen molar-refractivity contribution < 1.29 is 23.1 Å². The van der Waals surface area contributed by atoms with Crippen LogP contribution < -0.4 is 5.32 Å². The van der Waals surface area contributed by atoms with Crippen LogP contribution in [0, 0.1) is 11.8 Å². The Bertz CT molecular complexity index is 736. The zero-order valence-corrected chi connectivity index (χ0v) is 16.5. The van der Waals surface area contributed by atoms with Crippen molar-refractivity contribution in [3.8, 4) is 0 Å². The van der Waals surface area contributed by atoms with Gasteiger partial charge in [-0.1, -0.05) is 43.7 Å². The number of nitrogens with zero attached hydrogens (tertiary/aromatic N) is 1. The molecule has 7 nitrogen and oxygen atoms in total. The van der Waals surface area contributed by atoms with Crippen LogP contribution >= 0.6 is 0 Å². The maximum Gasteiger partial charge on any atom is 0.308 e. The number of carbonyl (C=O) groups is 2. The molecule has 150 valence electrons. The fraction of sp³-hybridized carbons (Fsp3) is 0.579. The molecule has 0 aromatic heterocycles. The predicted molar refractivity (Wildman–Crippen MR) is 102 cm³/mol. The number of nitrogens with one attached hydrogen (secondary N) is 1. The molecule has 1 aromatic rings. The molecule has 1 aliphatic heterocycles. The SMILES string of the molecule is CCCC(CNC(=O)C1CCCN(S(=O)(=O)Cc2ccccc2)C1)C(=O)O. The Labute approximate surface area is 160 Å². The summed E-state index contributed by atoms with van der Waals surface area (Å²) in [5, 5.41) is 11.9. The van der Waals surface area contributed by atoms with Crippen molar-refractivity contribution in [2.24, 2.45) is 11.8 Å². The van der Waals surface area contributed by atoms with Crippen molar-refractivity contribution >= 4 is 21.9 Å². The molecule has 27 heavy (non-hydrogen) atoms. The number of carbonyl (C=O) groups excluding carboxylic acids is 1. The highest BCUT2D eigenvalue weighted by atomic mass is 32.2. The van der Waals surface area contributed by atoms with Crippen molar-refractivity contribution in [2.45, 2.75) is 38.4 Å².